The van der Waals surface area contributed by atoms with Gasteiger partial charge in [0, 0.05) is 17.3 Å². The molecule has 0 spiro atoms. The molecule has 3 nitrogen and oxygen atoms in total. The summed E-state index contributed by atoms with van der Waals surface area (Å²) in [5, 5.41) is 0.877. The topological polar surface area (TPSA) is 35.0 Å². The fourth-order valence-corrected chi connectivity index (χ4v) is 1.40. The maximum absolute atomic E-state index is 5.77. The molecule has 0 amide bonds. The van der Waals surface area contributed by atoms with E-state index in [0.717, 1.165) is 5.56 Å². The van der Waals surface area contributed by atoms with Crippen LogP contribution in [0.15, 0.2) is 36.5 Å². The minimum absolute atomic E-state index is 0.175. The second kappa shape index (κ2) is 5.14. The third kappa shape index (κ3) is 3.08. The third-order valence-corrected chi connectivity index (χ3v) is 2.33. The second-order valence-corrected chi connectivity index (χ2v) is 3.85. The van der Waals surface area contributed by atoms with E-state index in [4.69, 9.17) is 27.9 Å². The first-order chi connectivity index (χ1) is 7.74. The number of ether oxygens (including phenoxy) is 1. The van der Waals surface area contributed by atoms with Crippen molar-refractivity contribution in [2.75, 3.05) is 0 Å². The van der Waals surface area contributed by atoms with Crippen molar-refractivity contribution in [3.8, 4) is 5.88 Å². The van der Waals surface area contributed by atoms with Gasteiger partial charge in [-0.25, -0.2) is 4.98 Å². The van der Waals surface area contributed by atoms with Gasteiger partial charge in [0.05, 0.1) is 0 Å². The molecular formula is C11H8Cl2N2O. The molecule has 0 atom stereocenters. The monoisotopic (exact) mass is 254 g/mol. The fraction of sp³-hybridized carbons (Fsp3) is 0.0909. The predicted molar refractivity (Wildman–Crippen MR) is 62.8 cm³/mol. The standard InChI is InChI=1S/C11H8Cl2N2O/c12-9-3-1-8(2-4-9)7-16-10-5-6-14-11(13)15-10/h1-6H,7H2. The summed E-state index contributed by atoms with van der Waals surface area (Å²) in [6, 6.07) is 9.07. The Kier molecular flexibility index (Phi) is 3.59. The fourth-order valence-electron chi connectivity index (χ4n) is 1.14. The van der Waals surface area contributed by atoms with Crippen LogP contribution in [0.1, 0.15) is 5.56 Å². The average Bonchev–Trinajstić information content (AvgIpc) is 2.28. The molecule has 0 N–H and O–H groups in total. The third-order valence-electron chi connectivity index (χ3n) is 1.90. The molecule has 82 valence electrons. The molecule has 0 radical (unpaired) electrons. The number of hydrogen-bond donors (Lipinski definition) is 0. The summed E-state index contributed by atoms with van der Waals surface area (Å²) >= 11 is 11.4. The first-order valence-corrected chi connectivity index (χ1v) is 5.35. The Morgan fingerprint density at radius 1 is 1.06 bits per heavy atom. The van der Waals surface area contributed by atoms with Gasteiger partial charge >= 0.3 is 0 Å². The van der Waals surface area contributed by atoms with Crippen LogP contribution >= 0.6 is 23.2 Å². The Balaban J connectivity index is 1.99. The van der Waals surface area contributed by atoms with Crippen LogP contribution in [0.4, 0.5) is 0 Å². The van der Waals surface area contributed by atoms with E-state index in [1.807, 2.05) is 24.3 Å². The van der Waals surface area contributed by atoms with Crippen LogP contribution in [0.2, 0.25) is 10.3 Å². The van der Waals surface area contributed by atoms with Gasteiger partial charge in [0.2, 0.25) is 11.2 Å². The minimum Gasteiger partial charge on any atom is -0.473 e. The van der Waals surface area contributed by atoms with Crippen LogP contribution in [0.5, 0.6) is 5.88 Å². The Morgan fingerprint density at radius 2 is 1.81 bits per heavy atom. The normalized spacial score (nSPS) is 10.1. The molecule has 0 aliphatic carbocycles. The first-order valence-electron chi connectivity index (χ1n) is 4.60. The Hall–Kier alpha value is -1.32. The van der Waals surface area contributed by atoms with Crippen molar-refractivity contribution in [3.05, 3.63) is 52.4 Å². The number of benzene rings is 1. The van der Waals surface area contributed by atoms with Gasteiger partial charge in [0.1, 0.15) is 6.61 Å². The lowest BCUT2D eigenvalue weighted by atomic mass is 10.2. The quantitative estimate of drug-likeness (QED) is 0.789. The van der Waals surface area contributed by atoms with Gasteiger partial charge in [-0.05, 0) is 29.3 Å². The van der Waals surface area contributed by atoms with Crippen molar-refractivity contribution >= 4 is 23.2 Å². The van der Waals surface area contributed by atoms with Crippen LogP contribution < -0.4 is 4.74 Å². The molecule has 0 unspecified atom stereocenters. The van der Waals surface area contributed by atoms with Crippen molar-refractivity contribution in [3.63, 3.8) is 0 Å². The van der Waals surface area contributed by atoms with Crippen LogP contribution in [0, 0.1) is 0 Å². The maximum atomic E-state index is 5.77. The minimum atomic E-state index is 0.175. The van der Waals surface area contributed by atoms with E-state index < -0.39 is 0 Å². The Labute approximate surface area is 103 Å². The van der Waals surface area contributed by atoms with Crippen LogP contribution in [-0.4, -0.2) is 9.97 Å². The number of nitrogens with zero attached hydrogens (tertiary/aromatic N) is 2. The van der Waals surface area contributed by atoms with Gasteiger partial charge in [-0.1, -0.05) is 23.7 Å². The van der Waals surface area contributed by atoms with E-state index in [9.17, 15) is 0 Å². The SMILES string of the molecule is Clc1ccc(COc2ccnc(Cl)n2)cc1. The second-order valence-electron chi connectivity index (χ2n) is 3.08. The molecule has 0 aliphatic rings. The zero-order valence-corrected chi connectivity index (χ0v) is 9.74. The van der Waals surface area contributed by atoms with Gasteiger partial charge in [-0.3, -0.25) is 0 Å². The largest absolute Gasteiger partial charge is 0.473 e. The number of halogens is 2. The van der Waals surface area contributed by atoms with E-state index in [2.05, 4.69) is 9.97 Å². The molecule has 1 heterocycles. The van der Waals surface area contributed by atoms with Crippen LogP contribution in [0.25, 0.3) is 0 Å². The van der Waals surface area contributed by atoms with Crippen LogP contribution in [0.3, 0.4) is 0 Å². The summed E-state index contributed by atoms with van der Waals surface area (Å²) in [5.41, 5.74) is 1.01. The first kappa shape index (κ1) is 11.2. The van der Waals surface area contributed by atoms with Gasteiger partial charge in [-0.15, -0.1) is 0 Å². The zero-order chi connectivity index (χ0) is 11.4. The molecule has 0 bridgehead atoms. The van der Waals surface area contributed by atoms with E-state index in [1.54, 1.807) is 12.3 Å². The van der Waals surface area contributed by atoms with E-state index in [1.165, 1.54) is 0 Å². The van der Waals surface area contributed by atoms with Gasteiger partial charge in [0.15, 0.2) is 0 Å². The summed E-state index contributed by atoms with van der Waals surface area (Å²) in [5.74, 6) is 0.454. The molecule has 1 aromatic heterocycles. The lowest BCUT2D eigenvalue weighted by molar-refractivity contribution is 0.293. The zero-order valence-electron chi connectivity index (χ0n) is 8.23. The van der Waals surface area contributed by atoms with E-state index in [-0.39, 0.29) is 5.28 Å². The molecule has 0 fully saturated rings. The maximum Gasteiger partial charge on any atom is 0.225 e. The summed E-state index contributed by atoms with van der Waals surface area (Å²) in [6.45, 7) is 0.421. The van der Waals surface area contributed by atoms with Gasteiger partial charge in [-0.2, -0.15) is 4.98 Å². The predicted octanol–water partition coefficient (Wildman–Crippen LogP) is 3.36. The van der Waals surface area contributed by atoms with Gasteiger partial charge < -0.3 is 4.74 Å². The summed E-state index contributed by atoms with van der Waals surface area (Å²) in [6.07, 6.45) is 1.55. The highest BCUT2D eigenvalue weighted by Crippen LogP contribution is 2.13. The molecule has 2 aromatic rings. The molecule has 1 aromatic carbocycles. The molecular weight excluding hydrogens is 247 g/mol. The smallest absolute Gasteiger partial charge is 0.225 e. The molecule has 16 heavy (non-hydrogen) atoms. The Bertz CT molecular complexity index is 474. The number of hydrogen-bond acceptors (Lipinski definition) is 3. The van der Waals surface area contributed by atoms with E-state index >= 15 is 0 Å². The number of aromatic nitrogens is 2. The van der Waals surface area contributed by atoms with Crippen molar-refractivity contribution in [2.45, 2.75) is 6.61 Å². The highest BCUT2D eigenvalue weighted by Gasteiger charge is 1.98. The highest BCUT2D eigenvalue weighted by atomic mass is 35.5. The summed E-state index contributed by atoms with van der Waals surface area (Å²) in [4.78, 5) is 7.68. The van der Waals surface area contributed by atoms with Gasteiger partial charge in [0.25, 0.3) is 0 Å². The molecule has 5 heteroatoms. The molecule has 0 saturated heterocycles. The number of rotatable bonds is 3. The van der Waals surface area contributed by atoms with Crippen molar-refractivity contribution in [1.82, 2.24) is 9.97 Å². The van der Waals surface area contributed by atoms with Crippen LogP contribution in [-0.2, 0) is 6.61 Å². The Morgan fingerprint density at radius 3 is 2.50 bits per heavy atom. The lowest BCUT2D eigenvalue weighted by Gasteiger charge is -2.04. The lowest BCUT2D eigenvalue weighted by Crippen LogP contribution is -1.97. The van der Waals surface area contributed by atoms with Crippen molar-refractivity contribution in [2.24, 2.45) is 0 Å². The highest BCUT2D eigenvalue weighted by molar-refractivity contribution is 6.30. The average molecular weight is 255 g/mol. The molecule has 0 aliphatic heterocycles. The molecule has 0 saturated carbocycles. The molecule has 2 rings (SSSR count). The van der Waals surface area contributed by atoms with Crippen molar-refractivity contribution < 1.29 is 4.74 Å². The summed E-state index contributed by atoms with van der Waals surface area (Å²) in [7, 11) is 0. The summed E-state index contributed by atoms with van der Waals surface area (Å²) < 4.78 is 5.43. The van der Waals surface area contributed by atoms with Crippen molar-refractivity contribution in [1.29, 1.82) is 0 Å². The van der Waals surface area contributed by atoms with E-state index in [0.29, 0.717) is 17.5 Å².